The summed E-state index contributed by atoms with van der Waals surface area (Å²) in [4.78, 5) is 0. The number of rotatable bonds is 4. The maximum atomic E-state index is 12.7. The van der Waals surface area contributed by atoms with Crippen LogP contribution in [0.2, 0.25) is 0 Å². The lowest BCUT2D eigenvalue weighted by atomic mass is 10.1. The second-order valence-corrected chi connectivity index (χ2v) is 6.94. The molecule has 0 aliphatic carbocycles. The van der Waals surface area contributed by atoms with Gasteiger partial charge >= 0.3 is 6.18 Å². The Kier molecular flexibility index (Phi) is 4.64. The Hall–Kier alpha value is -2.22. The van der Waals surface area contributed by atoms with Crippen molar-refractivity contribution in [1.82, 2.24) is 14.8 Å². The van der Waals surface area contributed by atoms with Crippen LogP contribution in [0.15, 0.2) is 46.2 Å². The summed E-state index contributed by atoms with van der Waals surface area (Å²) in [7, 11) is 1.85. The molecule has 1 atom stereocenters. The molecule has 0 aliphatic heterocycles. The maximum absolute atomic E-state index is 12.7. The number of nitrogens with zero attached hydrogens (tertiary/aromatic N) is 3. The summed E-state index contributed by atoms with van der Waals surface area (Å²) in [5, 5.41) is 9.00. The van der Waals surface area contributed by atoms with Crippen molar-refractivity contribution >= 4 is 11.8 Å². The van der Waals surface area contributed by atoms with E-state index in [0.29, 0.717) is 11.0 Å². The van der Waals surface area contributed by atoms with Gasteiger partial charge in [0.2, 0.25) is 0 Å². The zero-order chi connectivity index (χ0) is 18.2. The van der Waals surface area contributed by atoms with Crippen molar-refractivity contribution in [3.8, 4) is 11.4 Å². The SMILES string of the molecule is Cc1occc1-c1nnc(SC(C)c2ccc(C(F)(F)F)cc2)n1C. The van der Waals surface area contributed by atoms with E-state index in [4.69, 9.17) is 4.42 Å². The average molecular weight is 367 g/mol. The molecule has 0 spiro atoms. The van der Waals surface area contributed by atoms with Gasteiger partial charge in [-0.2, -0.15) is 13.2 Å². The number of hydrogen-bond acceptors (Lipinski definition) is 4. The lowest BCUT2D eigenvalue weighted by Gasteiger charge is -2.13. The minimum absolute atomic E-state index is 0.0662. The van der Waals surface area contributed by atoms with E-state index in [9.17, 15) is 13.2 Å². The normalized spacial score (nSPS) is 13.2. The lowest BCUT2D eigenvalue weighted by Crippen LogP contribution is -2.04. The molecule has 8 heteroatoms. The number of benzene rings is 1. The van der Waals surface area contributed by atoms with Gasteiger partial charge in [0.15, 0.2) is 11.0 Å². The van der Waals surface area contributed by atoms with Crippen LogP contribution in [-0.4, -0.2) is 14.8 Å². The van der Waals surface area contributed by atoms with Gasteiger partial charge in [0, 0.05) is 12.3 Å². The van der Waals surface area contributed by atoms with Gasteiger partial charge in [0.05, 0.1) is 17.4 Å². The molecule has 1 unspecified atom stereocenters. The fraction of sp³-hybridized carbons (Fsp3) is 0.294. The average Bonchev–Trinajstić information content (AvgIpc) is 3.13. The van der Waals surface area contributed by atoms with Crippen LogP contribution in [0.3, 0.4) is 0 Å². The van der Waals surface area contributed by atoms with Gasteiger partial charge in [0.1, 0.15) is 5.76 Å². The molecule has 0 bridgehead atoms. The Balaban J connectivity index is 1.79. The minimum atomic E-state index is -4.32. The van der Waals surface area contributed by atoms with Crippen molar-refractivity contribution in [1.29, 1.82) is 0 Å². The van der Waals surface area contributed by atoms with Gasteiger partial charge in [-0.05, 0) is 37.6 Å². The highest BCUT2D eigenvalue weighted by molar-refractivity contribution is 7.99. The van der Waals surface area contributed by atoms with Crippen LogP contribution in [0, 0.1) is 6.92 Å². The molecule has 2 aromatic heterocycles. The Morgan fingerprint density at radius 3 is 2.36 bits per heavy atom. The number of furan rings is 1. The van der Waals surface area contributed by atoms with Crippen LogP contribution < -0.4 is 0 Å². The van der Waals surface area contributed by atoms with Crippen molar-refractivity contribution < 1.29 is 17.6 Å². The van der Waals surface area contributed by atoms with Crippen LogP contribution in [0.5, 0.6) is 0 Å². The summed E-state index contributed by atoms with van der Waals surface area (Å²) >= 11 is 1.44. The molecular formula is C17H16F3N3OS. The predicted molar refractivity (Wildman–Crippen MR) is 89.2 cm³/mol. The summed E-state index contributed by atoms with van der Waals surface area (Å²) in [6, 6.07) is 7.02. The number of aryl methyl sites for hydroxylation is 1. The van der Waals surface area contributed by atoms with Crippen molar-refractivity contribution in [3.05, 3.63) is 53.5 Å². The Morgan fingerprint density at radius 1 is 1.12 bits per heavy atom. The van der Waals surface area contributed by atoms with E-state index in [1.165, 1.54) is 23.9 Å². The van der Waals surface area contributed by atoms with Crippen LogP contribution in [0.1, 0.15) is 29.1 Å². The molecule has 2 heterocycles. The standard InChI is InChI=1S/C17H16F3N3OS/c1-10-14(8-9-24-10)15-21-22-16(23(15)3)25-11(2)12-4-6-13(7-5-12)17(18,19)20/h4-9,11H,1-3H3. The molecule has 0 aliphatic rings. The van der Waals surface area contributed by atoms with Crippen LogP contribution in [0.4, 0.5) is 13.2 Å². The summed E-state index contributed by atoms with van der Waals surface area (Å²) < 4.78 is 45.1. The molecule has 0 radical (unpaired) electrons. The molecule has 0 N–H and O–H groups in total. The van der Waals surface area contributed by atoms with Crippen LogP contribution in [-0.2, 0) is 13.2 Å². The van der Waals surface area contributed by atoms with Gasteiger partial charge in [0.25, 0.3) is 0 Å². The highest BCUT2D eigenvalue weighted by atomic mass is 32.2. The smallest absolute Gasteiger partial charge is 0.416 e. The number of hydrogen-bond donors (Lipinski definition) is 0. The molecule has 0 saturated carbocycles. The third-order valence-corrected chi connectivity index (χ3v) is 5.12. The molecule has 3 aromatic rings. The number of aromatic nitrogens is 3. The molecule has 132 valence electrons. The second kappa shape index (κ2) is 6.59. The molecule has 0 saturated heterocycles. The van der Waals surface area contributed by atoms with Gasteiger partial charge in [-0.1, -0.05) is 23.9 Å². The van der Waals surface area contributed by atoms with E-state index < -0.39 is 11.7 Å². The zero-order valence-electron chi connectivity index (χ0n) is 13.8. The highest BCUT2D eigenvalue weighted by Crippen LogP contribution is 2.37. The van der Waals surface area contributed by atoms with Crippen LogP contribution >= 0.6 is 11.8 Å². The molecule has 4 nitrogen and oxygen atoms in total. The number of halogens is 3. The van der Waals surface area contributed by atoms with E-state index in [0.717, 1.165) is 29.0 Å². The quantitative estimate of drug-likeness (QED) is 0.590. The minimum Gasteiger partial charge on any atom is -0.469 e. The first-order chi connectivity index (χ1) is 11.8. The fourth-order valence-electron chi connectivity index (χ4n) is 2.44. The van der Waals surface area contributed by atoms with Gasteiger partial charge in [-0.15, -0.1) is 10.2 Å². The summed E-state index contributed by atoms with van der Waals surface area (Å²) in [5.74, 6) is 1.44. The number of thioether (sulfide) groups is 1. The fourth-order valence-corrected chi connectivity index (χ4v) is 3.38. The second-order valence-electron chi connectivity index (χ2n) is 5.64. The predicted octanol–water partition coefficient (Wildman–Crippen LogP) is 5.26. The molecular weight excluding hydrogens is 351 g/mol. The van der Waals surface area contributed by atoms with Crippen LogP contribution in [0.25, 0.3) is 11.4 Å². The maximum Gasteiger partial charge on any atom is 0.416 e. The van der Waals surface area contributed by atoms with Gasteiger partial charge in [-0.3, -0.25) is 0 Å². The highest BCUT2D eigenvalue weighted by Gasteiger charge is 2.30. The molecule has 0 amide bonds. The summed E-state index contributed by atoms with van der Waals surface area (Å²) in [6.07, 6.45) is -2.73. The molecule has 0 fully saturated rings. The monoisotopic (exact) mass is 367 g/mol. The first-order valence-corrected chi connectivity index (χ1v) is 8.43. The third-order valence-electron chi connectivity index (χ3n) is 3.92. The summed E-state index contributed by atoms with van der Waals surface area (Å²) in [5.41, 5.74) is 1.01. The van der Waals surface area contributed by atoms with Crippen molar-refractivity contribution in [2.24, 2.45) is 7.05 Å². The van der Waals surface area contributed by atoms with E-state index in [1.807, 2.05) is 31.5 Å². The van der Waals surface area contributed by atoms with Crippen molar-refractivity contribution in [2.75, 3.05) is 0 Å². The van der Waals surface area contributed by atoms with E-state index in [-0.39, 0.29) is 5.25 Å². The number of alkyl halides is 3. The molecule has 3 rings (SSSR count). The largest absolute Gasteiger partial charge is 0.469 e. The van der Waals surface area contributed by atoms with Crippen molar-refractivity contribution in [3.63, 3.8) is 0 Å². The molecule has 1 aromatic carbocycles. The zero-order valence-corrected chi connectivity index (χ0v) is 14.6. The Morgan fingerprint density at radius 2 is 1.80 bits per heavy atom. The first-order valence-electron chi connectivity index (χ1n) is 7.55. The van der Waals surface area contributed by atoms with Crippen molar-refractivity contribution in [2.45, 2.75) is 30.4 Å². The first kappa shape index (κ1) is 17.6. The van der Waals surface area contributed by atoms with Gasteiger partial charge < -0.3 is 8.98 Å². The topological polar surface area (TPSA) is 43.9 Å². The van der Waals surface area contributed by atoms with E-state index >= 15 is 0 Å². The van der Waals surface area contributed by atoms with E-state index in [1.54, 1.807) is 6.26 Å². The molecule has 25 heavy (non-hydrogen) atoms. The lowest BCUT2D eigenvalue weighted by molar-refractivity contribution is -0.137. The Labute approximate surface area is 147 Å². The summed E-state index contributed by atoms with van der Waals surface area (Å²) in [6.45, 7) is 3.77. The Bertz CT molecular complexity index is 868. The third kappa shape index (κ3) is 3.58. The van der Waals surface area contributed by atoms with Gasteiger partial charge in [-0.25, -0.2) is 0 Å². The van der Waals surface area contributed by atoms with E-state index in [2.05, 4.69) is 10.2 Å².